The maximum absolute atomic E-state index is 10.5. The van der Waals surface area contributed by atoms with Gasteiger partial charge in [0.25, 0.3) is 0 Å². The molecule has 0 saturated carbocycles. The van der Waals surface area contributed by atoms with Gasteiger partial charge in [0.05, 0.1) is 0 Å². The Morgan fingerprint density at radius 1 is 1.80 bits per heavy atom. The molecule has 0 heterocycles. The fourth-order valence-electron chi connectivity index (χ4n) is 0.374. The lowest BCUT2D eigenvalue weighted by atomic mass is 10.5. The van der Waals surface area contributed by atoms with Crippen molar-refractivity contribution in [3.05, 3.63) is 0 Å². The summed E-state index contributed by atoms with van der Waals surface area (Å²) in [6.45, 7) is 3.16. The zero-order chi connectivity index (χ0) is 7.98. The lowest BCUT2D eigenvalue weighted by molar-refractivity contribution is -0.147. The second-order valence-corrected chi connectivity index (χ2v) is 1.66. The van der Waals surface area contributed by atoms with Gasteiger partial charge in [0.1, 0.15) is 0 Å². The minimum atomic E-state index is -0.704. The number of rotatable bonds is 3. The van der Waals surface area contributed by atoms with Gasteiger partial charge in [0.2, 0.25) is 12.3 Å². The highest BCUT2D eigenvalue weighted by atomic mass is 16.6. The van der Waals surface area contributed by atoms with Crippen LogP contribution in [0.4, 0.5) is 0 Å². The Morgan fingerprint density at radius 3 is 2.80 bits per heavy atom. The highest BCUT2D eigenvalue weighted by Crippen LogP contribution is 1.93. The fourth-order valence-corrected chi connectivity index (χ4v) is 0.374. The molecule has 0 amide bonds. The number of carbonyl (C=O) groups is 1. The van der Waals surface area contributed by atoms with E-state index in [1.54, 1.807) is 6.92 Å². The third kappa shape index (κ3) is 3.80. The van der Waals surface area contributed by atoms with E-state index in [4.69, 9.17) is 0 Å². The second kappa shape index (κ2) is 4.70. The molecule has 0 radical (unpaired) electrons. The molecule has 56 valence electrons. The molecule has 0 fully saturated rings. The van der Waals surface area contributed by atoms with Crippen molar-refractivity contribution in [2.45, 2.75) is 26.5 Å². The number of esters is 1. The smallest absolute Gasteiger partial charge is 0.307 e. The van der Waals surface area contributed by atoms with Crippen LogP contribution in [0.1, 0.15) is 20.3 Å². The third-order valence-corrected chi connectivity index (χ3v) is 0.825. The molecule has 1 unspecified atom stereocenters. The average molecular weight is 143 g/mol. The number of isocyanates is 1. The third-order valence-electron chi connectivity index (χ3n) is 0.825. The van der Waals surface area contributed by atoms with Crippen LogP contribution < -0.4 is 0 Å². The monoisotopic (exact) mass is 143 g/mol. The molecule has 0 aromatic rings. The molecule has 0 aliphatic carbocycles. The SMILES string of the molecule is CCC(=O)OC(C)N=C=O. The van der Waals surface area contributed by atoms with Gasteiger partial charge in [0.15, 0.2) is 0 Å². The Balaban J connectivity index is 3.67. The lowest BCUT2D eigenvalue weighted by Crippen LogP contribution is -2.10. The van der Waals surface area contributed by atoms with Crippen molar-refractivity contribution in [3.63, 3.8) is 0 Å². The standard InChI is InChI=1S/C6H9NO3/c1-3-6(9)10-5(2)7-4-8/h5H,3H2,1-2H3. The highest BCUT2D eigenvalue weighted by molar-refractivity contribution is 5.69. The van der Waals surface area contributed by atoms with Crippen molar-refractivity contribution >= 4 is 12.0 Å². The molecular formula is C6H9NO3. The van der Waals surface area contributed by atoms with Crippen molar-refractivity contribution in [2.24, 2.45) is 4.99 Å². The molecule has 0 spiro atoms. The van der Waals surface area contributed by atoms with Crippen LogP contribution in [0, 0.1) is 0 Å². The molecular weight excluding hydrogens is 134 g/mol. The van der Waals surface area contributed by atoms with Crippen LogP contribution in [0.2, 0.25) is 0 Å². The molecule has 0 aromatic heterocycles. The first kappa shape index (κ1) is 8.85. The number of hydrogen-bond donors (Lipinski definition) is 0. The van der Waals surface area contributed by atoms with Gasteiger partial charge >= 0.3 is 5.97 Å². The lowest BCUT2D eigenvalue weighted by Gasteiger charge is -2.03. The van der Waals surface area contributed by atoms with E-state index < -0.39 is 6.23 Å². The van der Waals surface area contributed by atoms with E-state index >= 15 is 0 Å². The quantitative estimate of drug-likeness (QED) is 0.330. The number of ether oxygens (including phenoxy) is 1. The Bertz CT molecular complexity index is 160. The first-order valence-corrected chi connectivity index (χ1v) is 2.97. The van der Waals surface area contributed by atoms with Gasteiger partial charge in [0, 0.05) is 6.42 Å². The van der Waals surface area contributed by atoms with Gasteiger partial charge in [-0.2, -0.15) is 4.99 Å². The van der Waals surface area contributed by atoms with Gasteiger partial charge in [-0.1, -0.05) is 6.92 Å². The summed E-state index contributed by atoms with van der Waals surface area (Å²) in [7, 11) is 0. The summed E-state index contributed by atoms with van der Waals surface area (Å²) in [5, 5.41) is 0. The molecule has 4 nitrogen and oxygen atoms in total. The van der Waals surface area contributed by atoms with Crippen molar-refractivity contribution in [2.75, 3.05) is 0 Å². The van der Waals surface area contributed by atoms with Crippen LogP contribution in [0.15, 0.2) is 4.99 Å². The molecule has 0 N–H and O–H groups in total. The Kier molecular flexibility index (Phi) is 4.16. The van der Waals surface area contributed by atoms with Gasteiger partial charge in [-0.3, -0.25) is 4.79 Å². The van der Waals surface area contributed by atoms with E-state index in [0.29, 0.717) is 6.42 Å². The van der Waals surface area contributed by atoms with Gasteiger partial charge in [-0.25, -0.2) is 4.79 Å². The van der Waals surface area contributed by atoms with Crippen LogP contribution in [0.3, 0.4) is 0 Å². The maximum atomic E-state index is 10.5. The predicted octanol–water partition coefficient (Wildman–Crippen LogP) is 0.621. The average Bonchev–Trinajstić information content (AvgIpc) is 1.88. The molecule has 0 saturated heterocycles. The molecule has 0 aliphatic rings. The van der Waals surface area contributed by atoms with Crippen molar-refractivity contribution in [3.8, 4) is 0 Å². The van der Waals surface area contributed by atoms with Crippen molar-refractivity contribution < 1.29 is 14.3 Å². The van der Waals surface area contributed by atoms with E-state index in [1.807, 2.05) is 0 Å². The number of nitrogens with zero attached hydrogens (tertiary/aromatic N) is 1. The number of hydrogen-bond acceptors (Lipinski definition) is 4. The first-order valence-electron chi connectivity index (χ1n) is 2.97. The second-order valence-electron chi connectivity index (χ2n) is 1.66. The van der Waals surface area contributed by atoms with E-state index in [2.05, 4.69) is 9.73 Å². The topological polar surface area (TPSA) is 55.7 Å². The fraction of sp³-hybridized carbons (Fsp3) is 0.667. The summed E-state index contributed by atoms with van der Waals surface area (Å²) >= 11 is 0. The normalized spacial score (nSPS) is 11.4. The van der Waals surface area contributed by atoms with Crippen LogP contribution in [0.25, 0.3) is 0 Å². The number of aliphatic imine (C=N–C) groups is 1. The van der Waals surface area contributed by atoms with E-state index in [9.17, 15) is 9.59 Å². The maximum Gasteiger partial charge on any atom is 0.307 e. The molecule has 1 atom stereocenters. The molecule has 4 heteroatoms. The first-order chi connectivity index (χ1) is 4.70. The molecule has 0 bridgehead atoms. The predicted molar refractivity (Wildman–Crippen MR) is 34.0 cm³/mol. The van der Waals surface area contributed by atoms with Crippen LogP contribution in [0.5, 0.6) is 0 Å². The van der Waals surface area contributed by atoms with Gasteiger partial charge in [-0.15, -0.1) is 0 Å². The van der Waals surface area contributed by atoms with Crippen molar-refractivity contribution in [1.29, 1.82) is 0 Å². The van der Waals surface area contributed by atoms with Crippen LogP contribution in [-0.4, -0.2) is 18.3 Å². The summed E-state index contributed by atoms with van der Waals surface area (Å²) in [5.41, 5.74) is 0. The summed E-state index contributed by atoms with van der Waals surface area (Å²) in [5.74, 6) is -0.369. The molecule has 0 aliphatic heterocycles. The van der Waals surface area contributed by atoms with E-state index in [1.165, 1.54) is 13.0 Å². The Morgan fingerprint density at radius 2 is 2.40 bits per heavy atom. The summed E-state index contributed by atoms with van der Waals surface area (Å²) in [6, 6.07) is 0. The zero-order valence-corrected chi connectivity index (χ0v) is 5.96. The zero-order valence-electron chi connectivity index (χ0n) is 5.96. The Labute approximate surface area is 58.9 Å². The van der Waals surface area contributed by atoms with E-state index in [-0.39, 0.29) is 5.97 Å². The minimum absolute atomic E-state index is 0.290. The Hall–Kier alpha value is -1.15. The van der Waals surface area contributed by atoms with Crippen LogP contribution >= 0.6 is 0 Å². The minimum Gasteiger partial charge on any atom is -0.439 e. The van der Waals surface area contributed by atoms with E-state index in [0.717, 1.165) is 0 Å². The van der Waals surface area contributed by atoms with Gasteiger partial charge in [-0.05, 0) is 6.92 Å². The van der Waals surface area contributed by atoms with Gasteiger partial charge < -0.3 is 4.74 Å². The molecule has 10 heavy (non-hydrogen) atoms. The summed E-state index contributed by atoms with van der Waals surface area (Å²) in [4.78, 5) is 23.3. The summed E-state index contributed by atoms with van der Waals surface area (Å²) < 4.78 is 4.57. The largest absolute Gasteiger partial charge is 0.439 e. The van der Waals surface area contributed by atoms with Crippen LogP contribution in [-0.2, 0) is 14.3 Å². The molecule has 0 rings (SSSR count). The van der Waals surface area contributed by atoms with Crippen molar-refractivity contribution in [1.82, 2.24) is 0 Å². The highest BCUT2D eigenvalue weighted by Gasteiger charge is 2.03. The number of carbonyl (C=O) groups excluding carboxylic acids is 2. The molecule has 0 aromatic carbocycles. The summed E-state index contributed by atoms with van der Waals surface area (Å²) in [6.07, 6.45) is 0.881.